The van der Waals surface area contributed by atoms with Crippen LogP contribution in [0.3, 0.4) is 0 Å². The summed E-state index contributed by atoms with van der Waals surface area (Å²) in [5, 5.41) is 11.7. The first-order chi connectivity index (χ1) is 9.27. The van der Waals surface area contributed by atoms with Gasteiger partial charge in [0.1, 0.15) is 11.3 Å². The number of carboxylic acid groups (broad SMARTS) is 1. The summed E-state index contributed by atoms with van der Waals surface area (Å²) < 4.78 is 4.98. The number of benzene rings is 1. The van der Waals surface area contributed by atoms with Crippen LogP contribution in [0.5, 0.6) is 5.75 Å². The average molecular weight is 301 g/mol. The Hall–Kier alpha value is -1.79. The Morgan fingerprint density at radius 2 is 2.00 bits per heavy atom. The first-order valence-corrected chi connectivity index (χ1v) is 6.33. The third-order valence-corrected chi connectivity index (χ3v) is 3.29. The predicted molar refractivity (Wildman–Crippen MR) is 76.4 cm³/mol. The summed E-state index contributed by atoms with van der Waals surface area (Å²) >= 11 is 5.97. The van der Waals surface area contributed by atoms with E-state index in [4.69, 9.17) is 27.2 Å². The molecule has 0 spiro atoms. The van der Waals surface area contributed by atoms with Gasteiger partial charge in [0, 0.05) is 12.1 Å². The summed E-state index contributed by atoms with van der Waals surface area (Å²) in [6, 6.07) is 2.29. The minimum Gasteiger partial charge on any atom is -0.496 e. The molecule has 0 radical (unpaired) electrons. The largest absolute Gasteiger partial charge is 0.496 e. The zero-order valence-electron chi connectivity index (χ0n) is 11.4. The Labute approximate surface area is 121 Å². The molecule has 4 N–H and O–H groups in total. The van der Waals surface area contributed by atoms with E-state index < -0.39 is 11.9 Å². The van der Waals surface area contributed by atoms with Gasteiger partial charge < -0.3 is 20.9 Å². The van der Waals surface area contributed by atoms with Crippen molar-refractivity contribution in [2.45, 2.75) is 19.9 Å². The number of aromatic carboxylic acids is 1. The van der Waals surface area contributed by atoms with Crippen molar-refractivity contribution in [2.24, 2.45) is 11.7 Å². The Balaban J connectivity index is 3.08. The van der Waals surface area contributed by atoms with Crippen LogP contribution in [0.15, 0.2) is 12.1 Å². The number of amides is 1. The molecule has 0 aromatic heterocycles. The van der Waals surface area contributed by atoms with Crippen molar-refractivity contribution in [3.63, 3.8) is 0 Å². The Kier molecular flexibility index (Phi) is 5.35. The molecular weight excluding hydrogens is 284 g/mol. The number of hydrogen-bond acceptors (Lipinski definition) is 4. The third kappa shape index (κ3) is 3.61. The molecule has 0 fully saturated rings. The van der Waals surface area contributed by atoms with Crippen LogP contribution in [-0.4, -0.2) is 30.1 Å². The quantitative estimate of drug-likeness (QED) is 0.771. The maximum Gasteiger partial charge on any atom is 0.339 e. The standard InChI is InChI=1S/C13H17ClN2O4/c1-6(7(2)15)12(17)16-10-5-11(20-3)8(13(18)19)4-9(10)14/h4-7H,15H2,1-3H3,(H,16,17)(H,18,19). The van der Waals surface area contributed by atoms with Gasteiger partial charge in [-0.3, -0.25) is 4.79 Å². The topological polar surface area (TPSA) is 102 Å². The number of carbonyl (C=O) groups excluding carboxylic acids is 1. The number of nitrogens with one attached hydrogen (secondary N) is 1. The van der Waals surface area contributed by atoms with Crippen molar-refractivity contribution < 1.29 is 19.4 Å². The number of carboxylic acids is 1. The number of anilines is 1. The van der Waals surface area contributed by atoms with Crippen LogP contribution in [0.1, 0.15) is 24.2 Å². The van der Waals surface area contributed by atoms with Gasteiger partial charge in [-0.05, 0) is 13.0 Å². The monoisotopic (exact) mass is 300 g/mol. The first kappa shape index (κ1) is 16.3. The fourth-order valence-corrected chi connectivity index (χ4v) is 1.68. The van der Waals surface area contributed by atoms with E-state index in [9.17, 15) is 9.59 Å². The van der Waals surface area contributed by atoms with Crippen LogP contribution < -0.4 is 15.8 Å². The number of rotatable bonds is 5. The molecule has 0 aliphatic carbocycles. The zero-order valence-corrected chi connectivity index (χ0v) is 12.2. The van der Waals surface area contributed by atoms with E-state index in [-0.39, 0.29) is 34.0 Å². The van der Waals surface area contributed by atoms with E-state index in [1.807, 2.05) is 0 Å². The van der Waals surface area contributed by atoms with Gasteiger partial charge in [-0.1, -0.05) is 18.5 Å². The molecule has 1 aromatic carbocycles. The van der Waals surface area contributed by atoms with Gasteiger partial charge in [0.25, 0.3) is 0 Å². The highest BCUT2D eigenvalue weighted by molar-refractivity contribution is 6.34. The maximum absolute atomic E-state index is 11.9. The van der Waals surface area contributed by atoms with E-state index in [1.165, 1.54) is 19.2 Å². The highest BCUT2D eigenvalue weighted by atomic mass is 35.5. The summed E-state index contributed by atoms with van der Waals surface area (Å²) in [5.74, 6) is -1.75. The van der Waals surface area contributed by atoms with E-state index in [0.717, 1.165) is 0 Å². The second-order valence-corrected chi connectivity index (χ2v) is 4.88. The molecule has 0 bridgehead atoms. The summed E-state index contributed by atoms with van der Waals surface area (Å²) in [6.07, 6.45) is 0. The van der Waals surface area contributed by atoms with Crippen LogP contribution >= 0.6 is 11.6 Å². The van der Waals surface area contributed by atoms with Crippen molar-refractivity contribution >= 4 is 29.2 Å². The normalized spacial score (nSPS) is 13.4. The number of nitrogens with two attached hydrogens (primary N) is 1. The van der Waals surface area contributed by atoms with E-state index in [0.29, 0.717) is 0 Å². The summed E-state index contributed by atoms with van der Waals surface area (Å²) in [5.41, 5.74) is 5.86. The highest BCUT2D eigenvalue weighted by Crippen LogP contribution is 2.31. The van der Waals surface area contributed by atoms with E-state index in [2.05, 4.69) is 5.32 Å². The highest BCUT2D eigenvalue weighted by Gasteiger charge is 2.20. The van der Waals surface area contributed by atoms with Gasteiger partial charge in [-0.2, -0.15) is 0 Å². The molecule has 0 saturated heterocycles. The molecule has 1 amide bonds. The molecule has 2 unspecified atom stereocenters. The predicted octanol–water partition coefficient (Wildman–Crippen LogP) is 1.97. The molecule has 0 aliphatic rings. The number of carbonyl (C=O) groups is 2. The minimum absolute atomic E-state index is 0.0734. The molecular formula is C13H17ClN2O4. The van der Waals surface area contributed by atoms with E-state index in [1.54, 1.807) is 13.8 Å². The van der Waals surface area contributed by atoms with Gasteiger partial charge in [-0.15, -0.1) is 0 Å². The average Bonchev–Trinajstić information content (AvgIpc) is 2.39. The fraction of sp³-hybridized carbons (Fsp3) is 0.385. The molecule has 6 nitrogen and oxygen atoms in total. The fourth-order valence-electron chi connectivity index (χ4n) is 1.47. The third-order valence-electron chi connectivity index (χ3n) is 2.98. The molecule has 0 saturated carbocycles. The first-order valence-electron chi connectivity index (χ1n) is 5.95. The maximum atomic E-state index is 11.9. The zero-order chi connectivity index (χ0) is 15.4. The SMILES string of the molecule is COc1cc(NC(=O)C(C)C(C)N)c(Cl)cc1C(=O)O. The number of ether oxygens (including phenoxy) is 1. The lowest BCUT2D eigenvalue weighted by atomic mass is 10.0. The second kappa shape index (κ2) is 6.58. The lowest BCUT2D eigenvalue weighted by Crippen LogP contribution is -2.34. The Morgan fingerprint density at radius 1 is 1.40 bits per heavy atom. The lowest BCUT2D eigenvalue weighted by Gasteiger charge is -2.17. The molecule has 2 atom stereocenters. The lowest BCUT2D eigenvalue weighted by molar-refractivity contribution is -0.119. The molecule has 110 valence electrons. The van der Waals surface area contributed by atoms with E-state index >= 15 is 0 Å². The van der Waals surface area contributed by atoms with Gasteiger partial charge in [0.2, 0.25) is 5.91 Å². The van der Waals surface area contributed by atoms with Gasteiger partial charge in [0.15, 0.2) is 0 Å². The van der Waals surface area contributed by atoms with Crippen molar-refractivity contribution in [1.82, 2.24) is 0 Å². The minimum atomic E-state index is -1.16. The molecule has 0 aliphatic heterocycles. The molecule has 7 heteroatoms. The van der Waals surface area contributed by atoms with Crippen molar-refractivity contribution in [2.75, 3.05) is 12.4 Å². The molecule has 1 rings (SSSR count). The van der Waals surface area contributed by atoms with Crippen molar-refractivity contribution in [3.8, 4) is 5.75 Å². The van der Waals surface area contributed by atoms with Gasteiger partial charge >= 0.3 is 5.97 Å². The summed E-state index contributed by atoms with van der Waals surface area (Å²) in [6.45, 7) is 3.41. The number of halogens is 1. The molecule has 0 heterocycles. The number of hydrogen-bond donors (Lipinski definition) is 3. The number of methoxy groups -OCH3 is 1. The van der Waals surface area contributed by atoms with Gasteiger partial charge in [0.05, 0.1) is 23.7 Å². The van der Waals surface area contributed by atoms with Crippen LogP contribution in [0.2, 0.25) is 5.02 Å². The smallest absolute Gasteiger partial charge is 0.339 e. The van der Waals surface area contributed by atoms with Gasteiger partial charge in [-0.25, -0.2) is 4.79 Å². The van der Waals surface area contributed by atoms with Crippen LogP contribution in [0, 0.1) is 5.92 Å². The molecule has 20 heavy (non-hydrogen) atoms. The Morgan fingerprint density at radius 3 is 2.45 bits per heavy atom. The van der Waals surface area contributed by atoms with Crippen LogP contribution in [0.25, 0.3) is 0 Å². The Bertz CT molecular complexity index is 531. The second-order valence-electron chi connectivity index (χ2n) is 4.47. The summed E-state index contributed by atoms with van der Waals surface area (Å²) in [7, 11) is 1.34. The van der Waals surface area contributed by atoms with Crippen molar-refractivity contribution in [1.29, 1.82) is 0 Å². The summed E-state index contributed by atoms with van der Waals surface area (Å²) in [4.78, 5) is 22.9. The van der Waals surface area contributed by atoms with Crippen molar-refractivity contribution in [3.05, 3.63) is 22.7 Å². The molecule has 1 aromatic rings. The van der Waals surface area contributed by atoms with Crippen LogP contribution in [-0.2, 0) is 4.79 Å². The van der Waals surface area contributed by atoms with Crippen LogP contribution in [0.4, 0.5) is 5.69 Å².